The quantitative estimate of drug-likeness (QED) is 0.825. The summed E-state index contributed by atoms with van der Waals surface area (Å²) in [5.41, 5.74) is 0.785. The van der Waals surface area contributed by atoms with Crippen molar-refractivity contribution in [1.82, 2.24) is 10.6 Å². The molecule has 2 N–H and O–H groups in total. The molecule has 2 aromatic rings. The standard InChI is InChI=1S/C18H18Cl2N2O2/c19-15-7-6-14(8-16(15)20)24-17(13-4-2-1-3-5-13)18(23)22-11-12-9-21-10-12/h1-8,12,17,21H,9-11H2,(H,22,23). The van der Waals surface area contributed by atoms with Crippen molar-refractivity contribution in [1.29, 1.82) is 0 Å². The fraction of sp³-hybridized carbons (Fsp3) is 0.278. The molecule has 0 spiro atoms. The maximum absolute atomic E-state index is 12.6. The first-order chi connectivity index (χ1) is 11.6. The van der Waals surface area contributed by atoms with Crippen molar-refractivity contribution in [3.05, 3.63) is 64.1 Å². The number of carbonyl (C=O) groups excluding carboxylic acids is 1. The predicted octanol–water partition coefficient (Wildman–Crippen LogP) is 3.45. The van der Waals surface area contributed by atoms with E-state index in [1.165, 1.54) is 0 Å². The van der Waals surface area contributed by atoms with Gasteiger partial charge >= 0.3 is 0 Å². The lowest BCUT2D eigenvalue weighted by Crippen LogP contribution is -2.49. The van der Waals surface area contributed by atoms with Gasteiger partial charge in [0.2, 0.25) is 6.10 Å². The number of hydrogen-bond acceptors (Lipinski definition) is 3. The minimum Gasteiger partial charge on any atom is -0.476 e. The third-order valence-electron chi connectivity index (χ3n) is 3.92. The van der Waals surface area contributed by atoms with E-state index in [0.29, 0.717) is 28.3 Å². The van der Waals surface area contributed by atoms with E-state index in [1.807, 2.05) is 30.3 Å². The van der Waals surface area contributed by atoms with E-state index >= 15 is 0 Å². The van der Waals surface area contributed by atoms with Crippen LogP contribution in [0.15, 0.2) is 48.5 Å². The molecule has 1 atom stereocenters. The summed E-state index contributed by atoms with van der Waals surface area (Å²) in [5.74, 6) is 0.813. The number of carbonyl (C=O) groups is 1. The third kappa shape index (κ3) is 4.20. The topological polar surface area (TPSA) is 50.4 Å². The highest BCUT2D eigenvalue weighted by Gasteiger charge is 2.25. The van der Waals surface area contributed by atoms with E-state index in [0.717, 1.165) is 18.7 Å². The number of rotatable bonds is 6. The first-order valence-electron chi connectivity index (χ1n) is 7.78. The summed E-state index contributed by atoms with van der Waals surface area (Å²) in [6, 6.07) is 14.4. The Kier molecular flexibility index (Phi) is 5.61. The highest BCUT2D eigenvalue weighted by molar-refractivity contribution is 6.42. The average molecular weight is 365 g/mol. The molecule has 1 aliphatic rings. The normalized spacial score (nSPS) is 15.4. The van der Waals surface area contributed by atoms with Crippen molar-refractivity contribution in [2.45, 2.75) is 6.10 Å². The van der Waals surface area contributed by atoms with Gasteiger partial charge in [0.15, 0.2) is 0 Å². The number of ether oxygens (including phenoxy) is 1. The van der Waals surface area contributed by atoms with Gasteiger partial charge in [0.1, 0.15) is 5.75 Å². The highest BCUT2D eigenvalue weighted by Crippen LogP contribution is 2.29. The SMILES string of the molecule is O=C(NCC1CNC1)C(Oc1ccc(Cl)c(Cl)c1)c1ccccc1. The van der Waals surface area contributed by atoms with Gasteiger partial charge in [0.05, 0.1) is 10.0 Å². The van der Waals surface area contributed by atoms with Crippen LogP contribution in [0.25, 0.3) is 0 Å². The lowest BCUT2D eigenvalue weighted by atomic mass is 10.0. The van der Waals surface area contributed by atoms with Crippen molar-refractivity contribution in [2.75, 3.05) is 19.6 Å². The van der Waals surface area contributed by atoms with Crippen LogP contribution in [0.3, 0.4) is 0 Å². The molecule has 1 fully saturated rings. The highest BCUT2D eigenvalue weighted by atomic mass is 35.5. The van der Waals surface area contributed by atoms with Crippen molar-refractivity contribution >= 4 is 29.1 Å². The Morgan fingerprint density at radius 1 is 1.17 bits per heavy atom. The summed E-state index contributed by atoms with van der Waals surface area (Å²) in [6.07, 6.45) is -0.739. The molecule has 1 unspecified atom stereocenters. The minimum atomic E-state index is -0.739. The van der Waals surface area contributed by atoms with Crippen LogP contribution in [0.2, 0.25) is 10.0 Å². The second-order valence-electron chi connectivity index (χ2n) is 5.75. The van der Waals surface area contributed by atoms with Crippen LogP contribution in [0.1, 0.15) is 11.7 Å². The summed E-state index contributed by atoms with van der Waals surface area (Å²) < 4.78 is 5.91. The van der Waals surface area contributed by atoms with Crippen LogP contribution in [0.4, 0.5) is 0 Å². The number of benzene rings is 2. The van der Waals surface area contributed by atoms with Gasteiger partial charge in [0, 0.05) is 37.2 Å². The summed E-state index contributed by atoms with van der Waals surface area (Å²) in [6.45, 7) is 2.51. The molecular weight excluding hydrogens is 347 g/mol. The summed E-state index contributed by atoms with van der Waals surface area (Å²) >= 11 is 12.0. The Morgan fingerprint density at radius 3 is 2.54 bits per heavy atom. The molecule has 1 aliphatic heterocycles. The lowest BCUT2D eigenvalue weighted by molar-refractivity contribution is -0.128. The van der Waals surface area contributed by atoms with E-state index in [-0.39, 0.29) is 5.91 Å². The van der Waals surface area contributed by atoms with Gasteiger partial charge in [-0.3, -0.25) is 4.79 Å². The van der Waals surface area contributed by atoms with Gasteiger partial charge in [-0.25, -0.2) is 0 Å². The van der Waals surface area contributed by atoms with Crippen molar-refractivity contribution < 1.29 is 9.53 Å². The molecule has 3 rings (SSSR count). The van der Waals surface area contributed by atoms with Crippen molar-refractivity contribution in [3.8, 4) is 5.75 Å². The van der Waals surface area contributed by atoms with Crippen LogP contribution >= 0.6 is 23.2 Å². The predicted molar refractivity (Wildman–Crippen MR) is 95.6 cm³/mol. The second-order valence-corrected chi connectivity index (χ2v) is 6.57. The number of halogens is 2. The molecule has 0 bridgehead atoms. The molecule has 24 heavy (non-hydrogen) atoms. The first kappa shape index (κ1) is 17.1. The number of hydrogen-bond donors (Lipinski definition) is 2. The maximum Gasteiger partial charge on any atom is 0.265 e. The summed E-state index contributed by atoms with van der Waals surface area (Å²) in [7, 11) is 0. The zero-order chi connectivity index (χ0) is 16.9. The zero-order valence-corrected chi connectivity index (χ0v) is 14.5. The van der Waals surface area contributed by atoms with E-state index in [4.69, 9.17) is 27.9 Å². The third-order valence-corrected chi connectivity index (χ3v) is 4.66. The Bertz CT molecular complexity index is 705. The number of nitrogens with one attached hydrogen (secondary N) is 2. The minimum absolute atomic E-state index is 0.167. The van der Waals surface area contributed by atoms with E-state index < -0.39 is 6.10 Å². The van der Waals surface area contributed by atoms with Gasteiger partial charge in [0.25, 0.3) is 5.91 Å². The second kappa shape index (κ2) is 7.88. The molecule has 1 heterocycles. The van der Waals surface area contributed by atoms with Gasteiger partial charge in [-0.15, -0.1) is 0 Å². The smallest absolute Gasteiger partial charge is 0.265 e. The Morgan fingerprint density at radius 2 is 1.92 bits per heavy atom. The molecule has 1 saturated heterocycles. The monoisotopic (exact) mass is 364 g/mol. The van der Waals surface area contributed by atoms with Gasteiger partial charge in [-0.1, -0.05) is 53.5 Å². The largest absolute Gasteiger partial charge is 0.476 e. The Balaban J connectivity index is 1.76. The molecule has 1 amide bonds. The molecule has 4 nitrogen and oxygen atoms in total. The molecular formula is C18H18Cl2N2O2. The lowest BCUT2D eigenvalue weighted by Gasteiger charge is -2.28. The average Bonchev–Trinajstić information content (AvgIpc) is 2.55. The van der Waals surface area contributed by atoms with E-state index in [9.17, 15) is 4.79 Å². The van der Waals surface area contributed by atoms with Crippen LogP contribution in [0, 0.1) is 5.92 Å². The molecule has 126 valence electrons. The summed E-state index contributed by atoms with van der Waals surface area (Å²) in [5, 5.41) is 6.99. The van der Waals surface area contributed by atoms with Crippen molar-refractivity contribution in [3.63, 3.8) is 0 Å². The number of amides is 1. The van der Waals surface area contributed by atoms with Crippen LogP contribution < -0.4 is 15.4 Å². The maximum atomic E-state index is 12.6. The van der Waals surface area contributed by atoms with E-state index in [1.54, 1.807) is 18.2 Å². The van der Waals surface area contributed by atoms with Crippen LogP contribution in [0.5, 0.6) is 5.75 Å². The van der Waals surface area contributed by atoms with Gasteiger partial charge < -0.3 is 15.4 Å². The van der Waals surface area contributed by atoms with Crippen LogP contribution in [-0.4, -0.2) is 25.5 Å². The van der Waals surface area contributed by atoms with Crippen LogP contribution in [-0.2, 0) is 4.79 Å². The van der Waals surface area contributed by atoms with Gasteiger partial charge in [-0.05, 0) is 12.1 Å². The van der Waals surface area contributed by atoms with E-state index in [2.05, 4.69) is 10.6 Å². The fourth-order valence-corrected chi connectivity index (χ4v) is 2.71. The van der Waals surface area contributed by atoms with Crippen molar-refractivity contribution in [2.24, 2.45) is 5.92 Å². The van der Waals surface area contributed by atoms with Gasteiger partial charge in [-0.2, -0.15) is 0 Å². The molecule has 2 aromatic carbocycles. The Hall–Kier alpha value is -1.75. The Labute approximate surface area is 151 Å². The molecule has 0 aliphatic carbocycles. The zero-order valence-electron chi connectivity index (χ0n) is 13.0. The molecule has 0 aromatic heterocycles. The molecule has 0 saturated carbocycles. The molecule has 6 heteroatoms. The first-order valence-corrected chi connectivity index (χ1v) is 8.54. The fourth-order valence-electron chi connectivity index (χ4n) is 2.42. The molecule has 0 radical (unpaired) electrons. The summed E-state index contributed by atoms with van der Waals surface area (Å²) in [4.78, 5) is 12.6.